The summed E-state index contributed by atoms with van der Waals surface area (Å²) >= 11 is 6.34. The van der Waals surface area contributed by atoms with E-state index in [2.05, 4.69) is 20.0 Å². The number of benzene rings is 2. The maximum Gasteiger partial charge on any atom is 0.459 e. The maximum atomic E-state index is 16.0. The molecule has 0 spiro atoms. The fraction of sp³-hybridized carbons (Fsp3) is 0.484. The van der Waals surface area contributed by atoms with Crippen LogP contribution in [0, 0.1) is 5.41 Å². The van der Waals surface area contributed by atoms with Gasteiger partial charge in [-0.2, -0.15) is 15.1 Å². The molecule has 48 heavy (non-hydrogen) atoms. The number of nitrogens with one attached hydrogen (secondary N) is 1. The number of esters is 1. The van der Waals surface area contributed by atoms with Crippen molar-refractivity contribution in [1.82, 2.24) is 24.6 Å². The van der Waals surface area contributed by atoms with Gasteiger partial charge in [-0.25, -0.2) is 13.9 Å². The first-order chi connectivity index (χ1) is 22.6. The smallest absolute Gasteiger partial charge is 0.459 e. The molecule has 17 heteroatoms. The van der Waals surface area contributed by atoms with Crippen molar-refractivity contribution < 1.29 is 37.4 Å². The van der Waals surface area contributed by atoms with Crippen LogP contribution in [-0.4, -0.2) is 87.7 Å². The number of imidazole rings is 1. The van der Waals surface area contributed by atoms with Gasteiger partial charge in [-0.05, 0) is 23.8 Å². The zero-order chi connectivity index (χ0) is 35.0. The van der Waals surface area contributed by atoms with Crippen LogP contribution in [0.1, 0.15) is 33.9 Å². The molecule has 2 aromatic carbocycles. The Morgan fingerprint density at radius 3 is 2.65 bits per heavy atom. The Morgan fingerprint density at radius 2 is 1.96 bits per heavy atom. The van der Waals surface area contributed by atoms with Gasteiger partial charge >= 0.3 is 13.7 Å². The SMILES string of the molecule is C[C@H](N[P@](=O)(OC[C@@]1(CCl)O[C@@H](n2cnc3c(N(C)C)nc(N)nc32)[C@H](F)[C@@H]1O)Oc1cccc2ccccc12)C(=O)OCC(C)(C)C. The number of nitrogens with two attached hydrogens (primary N) is 1. The van der Waals surface area contributed by atoms with Gasteiger partial charge in [0.1, 0.15) is 23.5 Å². The van der Waals surface area contributed by atoms with Crippen molar-refractivity contribution in [1.29, 1.82) is 0 Å². The second-order valence-electron chi connectivity index (χ2n) is 13.1. The number of nitrogen functional groups attached to an aromatic ring is 1. The van der Waals surface area contributed by atoms with Gasteiger partial charge in [0, 0.05) is 19.5 Å². The number of halogens is 2. The Morgan fingerprint density at radius 1 is 1.25 bits per heavy atom. The van der Waals surface area contributed by atoms with Crippen LogP contribution in [-0.2, 0) is 23.4 Å². The highest BCUT2D eigenvalue weighted by Gasteiger charge is 2.57. The Kier molecular flexibility index (Phi) is 10.2. The van der Waals surface area contributed by atoms with Gasteiger partial charge in [0.25, 0.3) is 0 Å². The Labute approximate surface area is 282 Å². The lowest BCUT2D eigenvalue weighted by atomic mass is 9.99. The molecular weight excluding hydrogens is 668 g/mol. The molecule has 0 saturated carbocycles. The highest BCUT2D eigenvalue weighted by Crippen LogP contribution is 2.50. The van der Waals surface area contributed by atoms with Crippen LogP contribution in [0.5, 0.6) is 5.75 Å². The average molecular weight is 708 g/mol. The predicted octanol–water partition coefficient (Wildman–Crippen LogP) is 4.60. The van der Waals surface area contributed by atoms with Crippen molar-refractivity contribution in [2.45, 2.75) is 57.8 Å². The molecule has 1 saturated heterocycles. The van der Waals surface area contributed by atoms with Crippen LogP contribution in [0.25, 0.3) is 21.9 Å². The molecule has 2 aromatic heterocycles. The summed E-state index contributed by atoms with van der Waals surface area (Å²) in [6.07, 6.45) is -4.09. The summed E-state index contributed by atoms with van der Waals surface area (Å²) in [5, 5.41) is 15.2. The number of hydrogen-bond acceptors (Lipinski definition) is 12. The molecule has 1 aliphatic heterocycles. The second kappa shape index (κ2) is 13.7. The number of nitrogens with zero attached hydrogens (tertiary/aromatic N) is 5. The molecule has 14 nitrogen and oxygen atoms in total. The van der Waals surface area contributed by atoms with E-state index in [1.54, 1.807) is 43.3 Å². The fourth-order valence-electron chi connectivity index (χ4n) is 5.11. The normalized spacial score (nSPS) is 23.2. The molecule has 0 bridgehead atoms. The van der Waals surface area contributed by atoms with E-state index in [1.165, 1.54) is 17.8 Å². The molecule has 6 atom stereocenters. The van der Waals surface area contributed by atoms with Gasteiger partial charge in [-0.1, -0.05) is 57.2 Å². The van der Waals surface area contributed by atoms with Gasteiger partial charge < -0.3 is 29.7 Å². The van der Waals surface area contributed by atoms with E-state index in [0.29, 0.717) is 16.7 Å². The first-order valence-corrected chi connectivity index (χ1v) is 17.2. The number of carbonyl (C=O) groups is 1. The first-order valence-electron chi connectivity index (χ1n) is 15.2. The molecule has 1 aliphatic rings. The number of hydrogen-bond donors (Lipinski definition) is 3. The summed E-state index contributed by atoms with van der Waals surface area (Å²) in [5.74, 6) is -0.679. The van der Waals surface area contributed by atoms with Crippen LogP contribution < -0.4 is 20.2 Å². The molecule has 5 rings (SSSR count). The third kappa shape index (κ3) is 7.36. The zero-order valence-corrected chi connectivity index (χ0v) is 29.1. The van der Waals surface area contributed by atoms with Crippen molar-refractivity contribution in [3.63, 3.8) is 0 Å². The quantitative estimate of drug-likeness (QED) is 0.106. The fourth-order valence-corrected chi connectivity index (χ4v) is 6.97. The molecule has 0 amide bonds. The van der Waals surface area contributed by atoms with E-state index in [4.69, 9.17) is 35.9 Å². The Hall–Kier alpha value is -3.59. The molecule has 0 unspecified atom stereocenters. The van der Waals surface area contributed by atoms with Gasteiger partial charge in [-0.15, -0.1) is 11.6 Å². The summed E-state index contributed by atoms with van der Waals surface area (Å²) in [4.78, 5) is 27.3. The lowest BCUT2D eigenvalue weighted by molar-refractivity contribution is -0.148. The average Bonchev–Trinajstić information content (AvgIpc) is 3.56. The molecule has 3 heterocycles. The molecular formula is C31H40ClFN7O7P. The number of fused-ring (bicyclic) bond motifs is 2. The second-order valence-corrected chi connectivity index (χ2v) is 15.0. The highest BCUT2D eigenvalue weighted by molar-refractivity contribution is 7.52. The van der Waals surface area contributed by atoms with Crippen LogP contribution in [0.2, 0.25) is 0 Å². The van der Waals surface area contributed by atoms with Gasteiger partial charge in [-0.3, -0.25) is 13.9 Å². The Balaban J connectivity index is 1.44. The number of aliphatic hydroxyl groups is 1. The van der Waals surface area contributed by atoms with Crippen molar-refractivity contribution in [3.8, 4) is 5.75 Å². The largest absolute Gasteiger partial charge is 0.464 e. The first kappa shape index (κ1) is 35.7. The molecule has 4 N–H and O–H groups in total. The van der Waals surface area contributed by atoms with E-state index in [0.717, 1.165) is 5.39 Å². The van der Waals surface area contributed by atoms with Crippen molar-refractivity contribution in [2.75, 3.05) is 43.8 Å². The summed E-state index contributed by atoms with van der Waals surface area (Å²) in [6, 6.07) is 11.2. The van der Waals surface area contributed by atoms with Gasteiger partial charge in [0.05, 0.1) is 25.4 Å². The summed E-state index contributed by atoms with van der Waals surface area (Å²) in [7, 11) is -1.03. The molecule has 1 fully saturated rings. The minimum Gasteiger partial charge on any atom is -0.464 e. The zero-order valence-electron chi connectivity index (χ0n) is 27.5. The topological polar surface area (TPSA) is 176 Å². The van der Waals surface area contributed by atoms with E-state index in [9.17, 15) is 14.5 Å². The number of aromatic nitrogens is 4. The van der Waals surface area contributed by atoms with Crippen LogP contribution in [0.15, 0.2) is 48.8 Å². The third-order valence-corrected chi connectivity index (χ3v) is 9.67. The highest BCUT2D eigenvalue weighted by atomic mass is 35.5. The summed E-state index contributed by atoms with van der Waals surface area (Å²) < 4.78 is 55.1. The molecule has 0 radical (unpaired) electrons. The van der Waals surface area contributed by atoms with Gasteiger partial charge in [0.2, 0.25) is 5.95 Å². The lowest BCUT2D eigenvalue weighted by Crippen LogP contribution is -2.48. The van der Waals surface area contributed by atoms with Crippen LogP contribution >= 0.6 is 19.3 Å². The summed E-state index contributed by atoms with van der Waals surface area (Å²) in [5.41, 5.74) is 4.16. The van der Waals surface area contributed by atoms with Gasteiger partial charge in [0.15, 0.2) is 29.4 Å². The number of carbonyl (C=O) groups excluding carboxylic acids is 1. The maximum absolute atomic E-state index is 16.0. The van der Waals surface area contributed by atoms with Crippen molar-refractivity contribution >= 4 is 59.0 Å². The number of aliphatic hydroxyl groups excluding tert-OH is 1. The van der Waals surface area contributed by atoms with E-state index < -0.39 is 56.3 Å². The van der Waals surface area contributed by atoms with Crippen LogP contribution in [0.4, 0.5) is 16.2 Å². The minimum absolute atomic E-state index is 0.0819. The number of alkyl halides is 2. The van der Waals surface area contributed by atoms with Crippen molar-refractivity contribution in [2.24, 2.45) is 5.41 Å². The Bertz CT molecular complexity index is 1830. The van der Waals surface area contributed by atoms with Crippen molar-refractivity contribution in [3.05, 3.63) is 48.8 Å². The minimum atomic E-state index is -4.50. The predicted molar refractivity (Wildman–Crippen MR) is 180 cm³/mol. The standard InChI is InChI=1S/C31H40ClFN7O7P/c1-18(28(42)44-15-30(2,3)4)38-48(43,47-21-13-9-11-19-10-7-8-12-20(19)21)45-16-31(14-32)24(41)22(33)27(46-31)40-17-35-23-25(39(5)6)36-29(34)37-26(23)40/h7-13,17-18,22,24,27,41H,14-16H2,1-6H3,(H,38,43)(H2,34,36,37)/t18-,22+,24-,27+,31+,48-/m0/s1. The lowest BCUT2D eigenvalue weighted by Gasteiger charge is -2.32. The number of rotatable bonds is 12. The molecule has 0 aliphatic carbocycles. The van der Waals surface area contributed by atoms with E-state index >= 15 is 4.39 Å². The monoisotopic (exact) mass is 707 g/mol. The third-order valence-electron chi connectivity index (χ3n) is 7.61. The molecule has 260 valence electrons. The number of anilines is 2. The van der Waals surface area contributed by atoms with Crippen LogP contribution in [0.3, 0.4) is 0 Å². The summed E-state index contributed by atoms with van der Waals surface area (Å²) in [6.45, 7) is 6.54. The van der Waals surface area contributed by atoms with E-state index in [1.807, 2.05) is 39.0 Å². The number of ether oxygens (including phenoxy) is 2. The van der Waals surface area contributed by atoms with E-state index in [-0.39, 0.29) is 29.4 Å². The molecule has 4 aromatic rings.